The number of allylic oxidation sites excluding steroid dienone is 1. The molecule has 31 heavy (non-hydrogen) atoms. The van der Waals surface area contributed by atoms with Crippen LogP contribution in [0.4, 0.5) is 16.0 Å². The fourth-order valence-electron chi connectivity index (χ4n) is 4.12. The number of aromatic nitrogens is 3. The van der Waals surface area contributed by atoms with Gasteiger partial charge < -0.3 is 11.1 Å². The molecule has 0 radical (unpaired) electrons. The van der Waals surface area contributed by atoms with E-state index in [0.717, 1.165) is 28.6 Å². The van der Waals surface area contributed by atoms with Crippen molar-refractivity contribution in [3.63, 3.8) is 0 Å². The van der Waals surface area contributed by atoms with Crippen molar-refractivity contribution in [2.75, 3.05) is 11.1 Å². The maximum Gasteiger partial charge on any atom is 0.231 e. The third-order valence-electron chi connectivity index (χ3n) is 6.23. The standard InChI is InChI=1S/C24H24FN5O/c1-12(2)13-3-4-14-9-27-10-19(16(14)5-13)21-6-15-7-22(28-11-18(15)23(26)29-21)30-24(31)17-8-20(17)25/h3-4,6-7,9-13,17,20H,5,8H2,1-2H3,(H2,26,29)(H,28,30,31). The molecule has 3 aromatic rings. The molecule has 0 saturated heterocycles. The van der Waals surface area contributed by atoms with E-state index in [2.05, 4.69) is 46.3 Å². The zero-order valence-corrected chi connectivity index (χ0v) is 17.5. The molecule has 3 atom stereocenters. The summed E-state index contributed by atoms with van der Waals surface area (Å²) in [5, 5.41) is 4.21. The van der Waals surface area contributed by atoms with E-state index in [1.165, 1.54) is 5.56 Å². The lowest BCUT2D eigenvalue weighted by molar-refractivity contribution is -0.117. The number of alkyl halides is 1. The van der Waals surface area contributed by atoms with Crippen LogP contribution in [0.5, 0.6) is 0 Å². The number of nitrogens with one attached hydrogen (secondary N) is 1. The van der Waals surface area contributed by atoms with Crippen molar-refractivity contribution in [3.05, 3.63) is 47.9 Å². The third-order valence-corrected chi connectivity index (χ3v) is 6.23. The molecule has 0 bridgehead atoms. The van der Waals surface area contributed by atoms with Gasteiger partial charge >= 0.3 is 0 Å². The largest absolute Gasteiger partial charge is 0.383 e. The fourth-order valence-corrected chi connectivity index (χ4v) is 4.12. The summed E-state index contributed by atoms with van der Waals surface area (Å²) in [5.41, 5.74) is 10.3. The number of anilines is 2. The van der Waals surface area contributed by atoms with Crippen LogP contribution in [0.15, 0.2) is 36.8 Å². The number of hydrogen-bond donors (Lipinski definition) is 2. The van der Waals surface area contributed by atoms with Crippen molar-refractivity contribution in [2.45, 2.75) is 32.9 Å². The zero-order chi connectivity index (χ0) is 21.7. The van der Waals surface area contributed by atoms with Crippen LogP contribution in [-0.4, -0.2) is 27.0 Å². The molecule has 1 saturated carbocycles. The second-order valence-electron chi connectivity index (χ2n) is 8.76. The van der Waals surface area contributed by atoms with Crippen LogP contribution in [0.25, 0.3) is 28.1 Å². The average molecular weight is 417 g/mol. The second kappa shape index (κ2) is 7.41. The van der Waals surface area contributed by atoms with Crippen LogP contribution in [-0.2, 0) is 11.2 Å². The van der Waals surface area contributed by atoms with Gasteiger partial charge in [-0.1, -0.05) is 26.0 Å². The summed E-state index contributed by atoms with van der Waals surface area (Å²) >= 11 is 0. The lowest BCUT2D eigenvalue weighted by atomic mass is 9.81. The van der Waals surface area contributed by atoms with Crippen LogP contribution in [0.3, 0.4) is 0 Å². The molecule has 3 unspecified atom stereocenters. The summed E-state index contributed by atoms with van der Waals surface area (Å²) in [4.78, 5) is 25.4. The summed E-state index contributed by atoms with van der Waals surface area (Å²) in [7, 11) is 0. The monoisotopic (exact) mass is 417 g/mol. The van der Waals surface area contributed by atoms with Gasteiger partial charge in [0.2, 0.25) is 5.91 Å². The molecule has 2 aliphatic carbocycles. The van der Waals surface area contributed by atoms with Gasteiger partial charge in [0, 0.05) is 29.5 Å². The van der Waals surface area contributed by atoms with Crippen LogP contribution < -0.4 is 11.1 Å². The van der Waals surface area contributed by atoms with Crippen molar-refractivity contribution >= 4 is 34.4 Å². The Balaban J connectivity index is 1.54. The molecule has 6 nitrogen and oxygen atoms in total. The van der Waals surface area contributed by atoms with Gasteiger partial charge in [-0.3, -0.25) is 9.78 Å². The van der Waals surface area contributed by atoms with Crippen molar-refractivity contribution in [1.82, 2.24) is 15.0 Å². The molecule has 7 heteroatoms. The Labute approximate surface area is 179 Å². The van der Waals surface area contributed by atoms with Crippen LogP contribution in [0, 0.1) is 17.8 Å². The average Bonchev–Trinajstić information content (AvgIpc) is 3.49. The first-order valence-electron chi connectivity index (χ1n) is 10.6. The van der Waals surface area contributed by atoms with Gasteiger partial charge in [0.15, 0.2) is 0 Å². The summed E-state index contributed by atoms with van der Waals surface area (Å²) in [6.07, 6.45) is 9.84. The molecule has 0 aromatic carbocycles. The minimum absolute atomic E-state index is 0.276. The molecule has 5 rings (SSSR count). The molecule has 0 spiro atoms. The van der Waals surface area contributed by atoms with E-state index < -0.39 is 12.1 Å². The fraction of sp³-hybridized carbons (Fsp3) is 0.333. The lowest BCUT2D eigenvalue weighted by Crippen LogP contribution is -2.16. The van der Waals surface area contributed by atoms with Crippen LogP contribution >= 0.6 is 0 Å². The second-order valence-corrected chi connectivity index (χ2v) is 8.76. The van der Waals surface area contributed by atoms with E-state index in [0.29, 0.717) is 28.9 Å². The van der Waals surface area contributed by atoms with E-state index >= 15 is 0 Å². The van der Waals surface area contributed by atoms with Gasteiger partial charge in [-0.05, 0) is 53.3 Å². The first-order chi connectivity index (χ1) is 14.9. The normalized spacial score (nSPS) is 21.9. The number of rotatable bonds is 4. The molecule has 3 N–H and O–H groups in total. The predicted octanol–water partition coefficient (Wildman–Crippen LogP) is 4.41. The van der Waals surface area contributed by atoms with E-state index in [9.17, 15) is 9.18 Å². The predicted molar refractivity (Wildman–Crippen MR) is 120 cm³/mol. The Morgan fingerprint density at radius 2 is 2.06 bits per heavy atom. The number of carbonyl (C=O) groups excluding carboxylic acids is 1. The van der Waals surface area contributed by atoms with E-state index in [4.69, 9.17) is 5.73 Å². The van der Waals surface area contributed by atoms with Gasteiger partial charge in [-0.15, -0.1) is 0 Å². The third kappa shape index (κ3) is 3.65. The number of amides is 1. The highest BCUT2D eigenvalue weighted by molar-refractivity contribution is 5.98. The van der Waals surface area contributed by atoms with Gasteiger partial charge in [0.25, 0.3) is 0 Å². The molecule has 0 aliphatic heterocycles. The van der Waals surface area contributed by atoms with Crippen molar-refractivity contribution in [1.29, 1.82) is 0 Å². The van der Waals surface area contributed by atoms with E-state index in [1.54, 1.807) is 12.3 Å². The quantitative estimate of drug-likeness (QED) is 0.656. The molecule has 1 fully saturated rings. The highest BCUT2D eigenvalue weighted by Crippen LogP contribution is 2.36. The van der Waals surface area contributed by atoms with Crippen LogP contribution in [0.2, 0.25) is 0 Å². The van der Waals surface area contributed by atoms with Gasteiger partial charge in [0.05, 0.1) is 11.6 Å². The van der Waals surface area contributed by atoms with Crippen LogP contribution in [0.1, 0.15) is 31.4 Å². The number of nitrogen functional groups attached to an aromatic ring is 1. The molecule has 3 heterocycles. The highest BCUT2D eigenvalue weighted by Gasteiger charge is 2.43. The Morgan fingerprint density at radius 3 is 2.81 bits per heavy atom. The summed E-state index contributed by atoms with van der Waals surface area (Å²) < 4.78 is 13.2. The lowest BCUT2D eigenvalue weighted by Gasteiger charge is -2.24. The number of carbonyl (C=O) groups is 1. The number of halogens is 1. The summed E-state index contributed by atoms with van der Waals surface area (Å²) in [5.74, 6) is 0.832. The zero-order valence-electron chi connectivity index (χ0n) is 17.5. The molecular formula is C24H24FN5O. The van der Waals surface area contributed by atoms with E-state index in [1.807, 2.05) is 18.5 Å². The molecule has 2 aliphatic rings. The minimum atomic E-state index is -1.05. The Bertz CT molecular complexity index is 1220. The number of nitrogens with zero attached hydrogens (tertiary/aromatic N) is 3. The smallest absolute Gasteiger partial charge is 0.231 e. The topological polar surface area (TPSA) is 93.8 Å². The SMILES string of the molecule is CC(C)C1C=Cc2cncc(-c3cc4cc(NC(=O)C5CC5F)ncc4c(N)n3)c2C1. The maximum atomic E-state index is 13.2. The van der Waals surface area contributed by atoms with Gasteiger partial charge in [-0.2, -0.15) is 0 Å². The Morgan fingerprint density at radius 1 is 1.26 bits per heavy atom. The molecule has 3 aromatic heterocycles. The molecule has 1 amide bonds. The van der Waals surface area contributed by atoms with Gasteiger partial charge in [0.1, 0.15) is 17.8 Å². The number of fused-ring (bicyclic) bond motifs is 2. The van der Waals surface area contributed by atoms with E-state index in [-0.39, 0.29) is 12.3 Å². The number of nitrogens with two attached hydrogens (primary N) is 1. The Hall–Kier alpha value is -3.35. The summed E-state index contributed by atoms with van der Waals surface area (Å²) in [6.45, 7) is 4.45. The molecule has 158 valence electrons. The number of pyridine rings is 3. The highest BCUT2D eigenvalue weighted by atomic mass is 19.1. The first kappa shape index (κ1) is 19.6. The number of hydrogen-bond acceptors (Lipinski definition) is 5. The van der Waals surface area contributed by atoms with Crippen molar-refractivity contribution < 1.29 is 9.18 Å². The van der Waals surface area contributed by atoms with Crippen molar-refractivity contribution in [2.24, 2.45) is 17.8 Å². The minimum Gasteiger partial charge on any atom is -0.383 e. The van der Waals surface area contributed by atoms with Gasteiger partial charge in [-0.25, -0.2) is 14.4 Å². The maximum absolute atomic E-state index is 13.2. The Kier molecular flexibility index (Phi) is 4.68. The first-order valence-corrected chi connectivity index (χ1v) is 10.6. The van der Waals surface area contributed by atoms with Crippen molar-refractivity contribution in [3.8, 4) is 11.3 Å². The molecular weight excluding hydrogens is 393 g/mol. The summed E-state index contributed by atoms with van der Waals surface area (Å²) in [6, 6.07) is 3.70.